The molecule has 10 heteroatoms. The summed E-state index contributed by atoms with van der Waals surface area (Å²) in [7, 11) is 0. The first kappa shape index (κ1) is 20.8. The number of hydrogen-bond donors (Lipinski definition) is 2. The second-order valence-corrected chi connectivity index (χ2v) is 7.31. The van der Waals surface area contributed by atoms with Crippen molar-refractivity contribution in [2.24, 2.45) is 0 Å². The van der Waals surface area contributed by atoms with E-state index < -0.39 is 17.2 Å². The molecule has 4 rings (SSSR count). The molecule has 0 aliphatic carbocycles. The SMILES string of the molecule is CC[C@]1(c2nnc(-c3cccnc3Nc3ccc(C(F)(F)F)cc3)o2)CCCNC1=O. The Labute approximate surface area is 176 Å². The molecular formula is C21H20F3N5O2. The molecule has 1 amide bonds. The van der Waals surface area contributed by atoms with E-state index in [2.05, 4.69) is 25.8 Å². The second-order valence-electron chi connectivity index (χ2n) is 7.31. The quantitative estimate of drug-likeness (QED) is 0.620. The summed E-state index contributed by atoms with van der Waals surface area (Å²) in [6, 6.07) is 8.00. The number of pyridine rings is 1. The van der Waals surface area contributed by atoms with E-state index >= 15 is 0 Å². The van der Waals surface area contributed by atoms with Crippen molar-refractivity contribution in [3.63, 3.8) is 0 Å². The smallest absolute Gasteiger partial charge is 0.416 e. The van der Waals surface area contributed by atoms with Crippen LogP contribution in [0, 0.1) is 0 Å². The van der Waals surface area contributed by atoms with Crippen LogP contribution in [0.1, 0.15) is 37.6 Å². The molecule has 0 spiro atoms. The van der Waals surface area contributed by atoms with Crippen LogP contribution in [0.25, 0.3) is 11.5 Å². The molecule has 0 radical (unpaired) electrons. The minimum atomic E-state index is -4.41. The normalized spacial score (nSPS) is 19.2. The number of nitrogens with zero attached hydrogens (tertiary/aromatic N) is 3. The van der Waals surface area contributed by atoms with Crippen LogP contribution in [0.15, 0.2) is 47.0 Å². The summed E-state index contributed by atoms with van der Waals surface area (Å²) in [6.45, 7) is 2.52. The van der Waals surface area contributed by atoms with E-state index in [0.717, 1.165) is 18.6 Å². The Morgan fingerprint density at radius 1 is 1.19 bits per heavy atom. The highest BCUT2D eigenvalue weighted by atomic mass is 19.4. The summed E-state index contributed by atoms with van der Waals surface area (Å²) in [5.74, 6) is 0.622. The average molecular weight is 431 g/mol. The van der Waals surface area contributed by atoms with E-state index in [4.69, 9.17) is 4.42 Å². The number of carbonyl (C=O) groups excluding carboxylic acids is 1. The fourth-order valence-electron chi connectivity index (χ4n) is 3.65. The third-order valence-electron chi connectivity index (χ3n) is 5.45. The third-order valence-corrected chi connectivity index (χ3v) is 5.45. The zero-order valence-electron chi connectivity index (χ0n) is 16.7. The fourth-order valence-corrected chi connectivity index (χ4v) is 3.65. The lowest BCUT2D eigenvalue weighted by molar-refractivity contribution is -0.137. The largest absolute Gasteiger partial charge is 0.419 e. The molecule has 7 nitrogen and oxygen atoms in total. The standard InChI is InChI=1S/C21H20F3N5O2/c1-2-20(10-4-12-26-18(20)30)19-29-28-17(31-19)15-5-3-11-25-16(15)27-14-8-6-13(7-9-14)21(22,23)24/h3,5-9,11H,2,4,10,12H2,1H3,(H,25,27)(H,26,30)/t20-/m0/s1. The van der Waals surface area contributed by atoms with Crippen LogP contribution in [0.4, 0.5) is 24.7 Å². The Morgan fingerprint density at radius 2 is 1.97 bits per heavy atom. The molecule has 1 saturated heterocycles. The van der Waals surface area contributed by atoms with Gasteiger partial charge in [0.25, 0.3) is 5.89 Å². The molecular weight excluding hydrogens is 411 g/mol. The van der Waals surface area contributed by atoms with Crippen molar-refractivity contribution in [1.29, 1.82) is 0 Å². The number of alkyl halides is 3. The van der Waals surface area contributed by atoms with Crippen molar-refractivity contribution in [2.75, 3.05) is 11.9 Å². The van der Waals surface area contributed by atoms with Gasteiger partial charge in [0.1, 0.15) is 11.2 Å². The Hall–Kier alpha value is -3.43. The Morgan fingerprint density at radius 3 is 2.65 bits per heavy atom. The van der Waals surface area contributed by atoms with Crippen LogP contribution in [0.3, 0.4) is 0 Å². The monoisotopic (exact) mass is 431 g/mol. The Balaban J connectivity index is 1.63. The molecule has 1 aromatic carbocycles. The van der Waals surface area contributed by atoms with Gasteiger partial charge in [-0.2, -0.15) is 13.2 Å². The third kappa shape index (κ3) is 3.97. The number of benzene rings is 1. The topological polar surface area (TPSA) is 92.9 Å². The number of aromatic nitrogens is 3. The van der Waals surface area contributed by atoms with Gasteiger partial charge in [0.15, 0.2) is 0 Å². The van der Waals surface area contributed by atoms with Gasteiger partial charge in [-0.3, -0.25) is 4.79 Å². The van der Waals surface area contributed by atoms with Crippen molar-refractivity contribution in [3.05, 3.63) is 54.0 Å². The van der Waals surface area contributed by atoms with Crippen LogP contribution in [0.5, 0.6) is 0 Å². The number of piperidine rings is 1. The lowest BCUT2D eigenvalue weighted by Crippen LogP contribution is -2.48. The summed E-state index contributed by atoms with van der Waals surface area (Å²) in [5.41, 5.74) is -0.711. The lowest BCUT2D eigenvalue weighted by atomic mass is 9.77. The van der Waals surface area contributed by atoms with Gasteiger partial charge in [0.2, 0.25) is 11.8 Å². The van der Waals surface area contributed by atoms with E-state index in [1.54, 1.807) is 12.1 Å². The molecule has 0 bridgehead atoms. The first-order chi connectivity index (χ1) is 14.8. The maximum atomic E-state index is 12.8. The predicted octanol–water partition coefficient (Wildman–Crippen LogP) is 4.45. The first-order valence-electron chi connectivity index (χ1n) is 9.85. The van der Waals surface area contributed by atoms with Crippen molar-refractivity contribution in [1.82, 2.24) is 20.5 Å². The fraction of sp³-hybridized carbons (Fsp3) is 0.333. The minimum absolute atomic E-state index is 0.134. The molecule has 3 heterocycles. The maximum Gasteiger partial charge on any atom is 0.416 e. The van der Waals surface area contributed by atoms with Crippen LogP contribution in [-0.2, 0) is 16.4 Å². The number of halogens is 3. The highest BCUT2D eigenvalue weighted by Gasteiger charge is 2.45. The molecule has 1 aliphatic rings. The number of amides is 1. The molecule has 1 fully saturated rings. The van der Waals surface area contributed by atoms with Crippen LogP contribution in [-0.4, -0.2) is 27.6 Å². The minimum Gasteiger partial charge on any atom is -0.419 e. The maximum absolute atomic E-state index is 12.8. The van der Waals surface area contributed by atoms with Crippen molar-refractivity contribution in [3.8, 4) is 11.5 Å². The van der Waals surface area contributed by atoms with E-state index in [-0.39, 0.29) is 17.7 Å². The lowest BCUT2D eigenvalue weighted by Gasteiger charge is -2.31. The van der Waals surface area contributed by atoms with E-state index in [1.165, 1.54) is 18.3 Å². The van der Waals surface area contributed by atoms with Crippen molar-refractivity contribution < 1.29 is 22.4 Å². The zero-order chi connectivity index (χ0) is 22.1. The van der Waals surface area contributed by atoms with Gasteiger partial charge in [0, 0.05) is 18.4 Å². The molecule has 1 atom stereocenters. The summed E-state index contributed by atoms with van der Waals surface area (Å²) in [5, 5.41) is 14.1. The summed E-state index contributed by atoms with van der Waals surface area (Å²) in [6.07, 6.45) is -0.930. The van der Waals surface area contributed by atoms with Crippen LogP contribution >= 0.6 is 0 Å². The van der Waals surface area contributed by atoms with Crippen LogP contribution in [0.2, 0.25) is 0 Å². The van der Waals surface area contributed by atoms with Gasteiger partial charge >= 0.3 is 6.18 Å². The summed E-state index contributed by atoms with van der Waals surface area (Å²) < 4.78 is 44.3. The highest BCUT2D eigenvalue weighted by Crippen LogP contribution is 2.37. The van der Waals surface area contributed by atoms with Crippen molar-refractivity contribution >= 4 is 17.4 Å². The van der Waals surface area contributed by atoms with Gasteiger partial charge in [-0.25, -0.2) is 4.98 Å². The second kappa shape index (κ2) is 8.01. The molecule has 0 saturated carbocycles. The molecule has 0 unspecified atom stereocenters. The van der Waals surface area contributed by atoms with Gasteiger partial charge in [0.05, 0.1) is 11.1 Å². The van der Waals surface area contributed by atoms with Crippen molar-refractivity contribution in [2.45, 2.75) is 37.8 Å². The zero-order valence-corrected chi connectivity index (χ0v) is 16.7. The van der Waals surface area contributed by atoms with Gasteiger partial charge in [-0.1, -0.05) is 6.92 Å². The molecule has 162 valence electrons. The number of hydrogen-bond acceptors (Lipinski definition) is 6. The van der Waals surface area contributed by atoms with Gasteiger partial charge < -0.3 is 15.1 Å². The first-order valence-corrected chi connectivity index (χ1v) is 9.85. The van der Waals surface area contributed by atoms with Gasteiger partial charge in [-0.05, 0) is 55.7 Å². The van der Waals surface area contributed by atoms with E-state index in [0.29, 0.717) is 36.5 Å². The summed E-state index contributed by atoms with van der Waals surface area (Å²) in [4.78, 5) is 16.8. The molecule has 1 aliphatic heterocycles. The molecule has 2 N–H and O–H groups in total. The van der Waals surface area contributed by atoms with E-state index in [1.807, 2.05) is 6.92 Å². The Bertz CT molecular complexity index is 1080. The number of anilines is 2. The average Bonchev–Trinajstić information content (AvgIpc) is 3.25. The highest BCUT2D eigenvalue weighted by molar-refractivity contribution is 5.87. The molecule has 31 heavy (non-hydrogen) atoms. The Kier molecular flexibility index (Phi) is 5.38. The number of carbonyl (C=O) groups is 1. The molecule has 2 aromatic heterocycles. The van der Waals surface area contributed by atoms with Gasteiger partial charge in [-0.15, -0.1) is 10.2 Å². The number of rotatable bonds is 5. The summed E-state index contributed by atoms with van der Waals surface area (Å²) >= 11 is 0. The number of nitrogens with one attached hydrogen (secondary N) is 2. The molecule has 3 aromatic rings. The van der Waals surface area contributed by atoms with E-state index in [9.17, 15) is 18.0 Å². The predicted molar refractivity (Wildman–Crippen MR) is 106 cm³/mol. The van der Waals surface area contributed by atoms with Crippen LogP contribution < -0.4 is 10.6 Å².